The Labute approximate surface area is 121 Å². The number of methoxy groups -OCH3 is 2. The van der Waals surface area contributed by atoms with Crippen LogP contribution in [-0.4, -0.2) is 32.2 Å². The lowest BCUT2D eigenvalue weighted by Gasteiger charge is -2.21. The minimum Gasteiger partial charge on any atom is -0.467 e. The van der Waals surface area contributed by atoms with Gasteiger partial charge in [-0.25, -0.2) is 18.4 Å². The van der Waals surface area contributed by atoms with Gasteiger partial charge in [-0.15, -0.1) is 0 Å². The second-order valence-electron chi connectivity index (χ2n) is 4.67. The van der Waals surface area contributed by atoms with E-state index < -0.39 is 35.2 Å². The lowest BCUT2D eigenvalue weighted by molar-refractivity contribution is -0.142. The zero-order chi connectivity index (χ0) is 16.2. The van der Waals surface area contributed by atoms with Crippen molar-refractivity contribution in [3.05, 3.63) is 29.3 Å². The summed E-state index contributed by atoms with van der Waals surface area (Å²) in [5, 5.41) is 2.58. The largest absolute Gasteiger partial charge is 0.467 e. The summed E-state index contributed by atoms with van der Waals surface area (Å²) in [6.45, 7) is 3.46. The van der Waals surface area contributed by atoms with Gasteiger partial charge in [0, 0.05) is 0 Å². The number of esters is 2. The number of carbonyl (C=O) groups excluding carboxylic acids is 2. The summed E-state index contributed by atoms with van der Waals surface area (Å²) in [4.78, 5) is 22.9. The Morgan fingerprint density at radius 1 is 1.10 bits per heavy atom. The first-order valence-electron chi connectivity index (χ1n) is 6.24. The number of ether oxygens (including phenoxy) is 2. The molecule has 0 spiro atoms. The van der Waals surface area contributed by atoms with E-state index in [0.717, 1.165) is 13.2 Å². The van der Waals surface area contributed by atoms with E-state index in [1.165, 1.54) is 13.2 Å². The van der Waals surface area contributed by atoms with Gasteiger partial charge in [0.2, 0.25) is 0 Å². The summed E-state index contributed by atoms with van der Waals surface area (Å²) in [6.07, 6.45) is 0. The number of nitrogens with one attached hydrogen (secondary N) is 1. The predicted octanol–water partition coefficient (Wildman–Crippen LogP) is 2.36. The fourth-order valence-corrected chi connectivity index (χ4v) is 1.72. The minimum absolute atomic E-state index is 0.208. The highest BCUT2D eigenvalue weighted by Crippen LogP contribution is 2.23. The average molecular weight is 301 g/mol. The van der Waals surface area contributed by atoms with Gasteiger partial charge in [0.05, 0.1) is 25.5 Å². The number of rotatable bonds is 5. The molecule has 1 rings (SSSR count). The average Bonchev–Trinajstić information content (AvgIpc) is 2.46. The maximum Gasteiger partial charge on any atom is 0.340 e. The molecular formula is C14H17F2NO4. The molecule has 0 aliphatic heterocycles. The summed E-state index contributed by atoms with van der Waals surface area (Å²) in [6, 6.07) is 1.41. The van der Waals surface area contributed by atoms with Crippen LogP contribution in [0.4, 0.5) is 14.5 Å². The molecule has 1 atom stereocenters. The van der Waals surface area contributed by atoms with E-state index >= 15 is 0 Å². The molecule has 0 saturated heterocycles. The van der Waals surface area contributed by atoms with E-state index in [9.17, 15) is 18.4 Å². The molecule has 116 valence electrons. The SMILES string of the molecule is COC(=O)c1ccc(NC(C(=O)OC)C(C)C)c(F)c1F. The molecular weight excluding hydrogens is 284 g/mol. The van der Waals surface area contributed by atoms with E-state index in [1.807, 2.05) is 0 Å². The Morgan fingerprint density at radius 2 is 1.71 bits per heavy atom. The fraction of sp³-hybridized carbons (Fsp3) is 0.429. The number of anilines is 1. The molecule has 0 fully saturated rings. The van der Waals surface area contributed by atoms with Crippen LogP contribution in [0.25, 0.3) is 0 Å². The Morgan fingerprint density at radius 3 is 2.19 bits per heavy atom. The zero-order valence-corrected chi connectivity index (χ0v) is 12.2. The standard InChI is InChI=1S/C14H17F2NO4/c1-7(2)12(14(19)21-4)17-9-6-5-8(13(18)20-3)10(15)11(9)16/h5-7,12,17H,1-4H3. The quantitative estimate of drug-likeness (QED) is 0.846. The first-order valence-corrected chi connectivity index (χ1v) is 6.24. The second kappa shape index (κ2) is 7.01. The summed E-state index contributed by atoms with van der Waals surface area (Å²) in [5.41, 5.74) is -0.746. The number of halogens is 2. The third kappa shape index (κ3) is 3.68. The van der Waals surface area contributed by atoms with Crippen LogP contribution in [0.2, 0.25) is 0 Å². The van der Waals surface area contributed by atoms with Crippen molar-refractivity contribution in [1.82, 2.24) is 0 Å². The minimum atomic E-state index is -1.33. The normalized spacial score (nSPS) is 12.0. The topological polar surface area (TPSA) is 64.6 Å². The molecule has 0 amide bonds. The Balaban J connectivity index is 3.12. The Kier molecular flexibility index (Phi) is 5.63. The van der Waals surface area contributed by atoms with Gasteiger partial charge in [-0.3, -0.25) is 0 Å². The third-order valence-electron chi connectivity index (χ3n) is 2.92. The first kappa shape index (κ1) is 16.9. The molecule has 21 heavy (non-hydrogen) atoms. The summed E-state index contributed by atoms with van der Waals surface area (Å²) in [7, 11) is 2.27. The smallest absolute Gasteiger partial charge is 0.340 e. The van der Waals surface area contributed by atoms with E-state index in [2.05, 4.69) is 14.8 Å². The van der Waals surface area contributed by atoms with Crippen LogP contribution in [-0.2, 0) is 14.3 Å². The van der Waals surface area contributed by atoms with Crippen molar-refractivity contribution in [3.63, 3.8) is 0 Å². The van der Waals surface area contributed by atoms with Gasteiger partial charge in [-0.1, -0.05) is 13.8 Å². The molecule has 1 aromatic rings. The molecule has 5 nitrogen and oxygen atoms in total. The molecule has 7 heteroatoms. The van der Waals surface area contributed by atoms with Crippen LogP contribution in [0.15, 0.2) is 12.1 Å². The van der Waals surface area contributed by atoms with Gasteiger partial charge in [0.15, 0.2) is 11.6 Å². The summed E-state index contributed by atoms with van der Waals surface area (Å²) < 4.78 is 36.7. The van der Waals surface area contributed by atoms with Crippen molar-refractivity contribution in [2.24, 2.45) is 5.92 Å². The molecule has 0 radical (unpaired) electrons. The third-order valence-corrected chi connectivity index (χ3v) is 2.92. The fourth-order valence-electron chi connectivity index (χ4n) is 1.72. The Hall–Kier alpha value is -2.18. The van der Waals surface area contributed by atoms with Gasteiger partial charge in [-0.2, -0.15) is 0 Å². The highest BCUT2D eigenvalue weighted by molar-refractivity contribution is 5.90. The van der Waals surface area contributed by atoms with Crippen molar-refractivity contribution in [2.45, 2.75) is 19.9 Å². The van der Waals surface area contributed by atoms with E-state index in [4.69, 9.17) is 0 Å². The van der Waals surface area contributed by atoms with Gasteiger partial charge >= 0.3 is 11.9 Å². The van der Waals surface area contributed by atoms with Gasteiger partial charge in [-0.05, 0) is 18.1 Å². The molecule has 0 heterocycles. The van der Waals surface area contributed by atoms with Crippen molar-refractivity contribution < 1.29 is 27.8 Å². The van der Waals surface area contributed by atoms with Crippen LogP contribution in [0.5, 0.6) is 0 Å². The number of carbonyl (C=O) groups is 2. The van der Waals surface area contributed by atoms with Crippen molar-refractivity contribution in [3.8, 4) is 0 Å². The molecule has 0 aliphatic carbocycles. The van der Waals surface area contributed by atoms with Crippen LogP contribution in [0.3, 0.4) is 0 Å². The molecule has 0 aromatic heterocycles. The van der Waals surface area contributed by atoms with Gasteiger partial charge in [0.1, 0.15) is 6.04 Å². The van der Waals surface area contributed by atoms with Crippen LogP contribution >= 0.6 is 0 Å². The highest BCUT2D eigenvalue weighted by Gasteiger charge is 2.26. The number of hydrogen-bond donors (Lipinski definition) is 1. The van der Waals surface area contributed by atoms with Crippen LogP contribution < -0.4 is 5.32 Å². The van der Waals surface area contributed by atoms with E-state index in [-0.39, 0.29) is 11.6 Å². The van der Waals surface area contributed by atoms with E-state index in [0.29, 0.717) is 0 Å². The van der Waals surface area contributed by atoms with Crippen LogP contribution in [0.1, 0.15) is 24.2 Å². The Bertz CT molecular complexity index is 546. The zero-order valence-electron chi connectivity index (χ0n) is 12.2. The highest BCUT2D eigenvalue weighted by atomic mass is 19.2. The van der Waals surface area contributed by atoms with Gasteiger partial charge in [0.25, 0.3) is 0 Å². The molecule has 0 bridgehead atoms. The number of hydrogen-bond acceptors (Lipinski definition) is 5. The molecule has 1 aromatic carbocycles. The number of benzene rings is 1. The molecule has 0 saturated carbocycles. The molecule has 1 N–H and O–H groups in total. The lowest BCUT2D eigenvalue weighted by atomic mass is 10.0. The van der Waals surface area contributed by atoms with Crippen molar-refractivity contribution in [2.75, 3.05) is 19.5 Å². The summed E-state index contributed by atoms with van der Waals surface area (Å²) in [5.74, 6) is -4.37. The van der Waals surface area contributed by atoms with Crippen molar-refractivity contribution in [1.29, 1.82) is 0 Å². The molecule has 0 aliphatic rings. The summed E-state index contributed by atoms with van der Waals surface area (Å²) >= 11 is 0. The molecule has 1 unspecified atom stereocenters. The van der Waals surface area contributed by atoms with Crippen LogP contribution in [0, 0.1) is 17.6 Å². The maximum absolute atomic E-state index is 14.0. The first-order chi connectivity index (χ1) is 9.83. The second-order valence-corrected chi connectivity index (χ2v) is 4.67. The monoisotopic (exact) mass is 301 g/mol. The lowest BCUT2D eigenvalue weighted by Crippen LogP contribution is -2.35. The van der Waals surface area contributed by atoms with Gasteiger partial charge < -0.3 is 14.8 Å². The van der Waals surface area contributed by atoms with E-state index in [1.54, 1.807) is 13.8 Å². The predicted molar refractivity (Wildman–Crippen MR) is 72.0 cm³/mol. The van der Waals surface area contributed by atoms with Crippen molar-refractivity contribution >= 4 is 17.6 Å². The maximum atomic E-state index is 14.0.